The van der Waals surface area contributed by atoms with Gasteiger partial charge in [-0.05, 0) is 25.0 Å². The second-order valence-corrected chi connectivity index (χ2v) is 8.21. The number of rotatable bonds is 4. The molecule has 4 aromatic rings. The monoisotopic (exact) mass is 455 g/mol. The van der Waals surface area contributed by atoms with Crippen molar-refractivity contribution >= 4 is 28.1 Å². The molecular formula is C22H23F2N7O2. The molecule has 2 fully saturated rings. The van der Waals surface area contributed by atoms with Gasteiger partial charge in [-0.15, -0.1) is 0 Å². The lowest BCUT2D eigenvalue weighted by Crippen LogP contribution is -2.37. The van der Waals surface area contributed by atoms with Crippen LogP contribution in [0.3, 0.4) is 0 Å². The van der Waals surface area contributed by atoms with Gasteiger partial charge in [0, 0.05) is 32.3 Å². The van der Waals surface area contributed by atoms with Crippen LogP contribution in [0.1, 0.15) is 31.1 Å². The Bertz CT molecular complexity index is 1290. The van der Waals surface area contributed by atoms with Crippen LogP contribution in [0.25, 0.3) is 28.0 Å². The Hall–Kier alpha value is -3.18. The number of hydrogen-bond donors (Lipinski definition) is 0. The second kappa shape index (κ2) is 8.31. The predicted octanol–water partition coefficient (Wildman–Crippen LogP) is 3.29. The molecular weight excluding hydrogens is 432 g/mol. The van der Waals surface area contributed by atoms with Crippen LogP contribution >= 0.6 is 0 Å². The first-order valence-corrected chi connectivity index (χ1v) is 11.1. The highest BCUT2D eigenvalue weighted by atomic mass is 19.3. The maximum Gasteiger partial charge on any atom is 0.296 e. The highest BCUT2D eigenvalue weighted by Crippen LogP contribution is 2.33. The molecule has 0 amide bonds. The van der Waals surface area contributed by atoms with Crippen molar-refractivity contribution in [2.24, 2.45) is 0 Å². The molecule has 33 heavy (non-hydrogen) atoms. The van der Waals surface area contributed by atoms with Gasteiger partial charge in [0.1, 0.15) is 0 Å². The summed E-state index contributed by atoms with van der Waals surface area (Å²) in [5.74, 6) is 0.439. The summed E-state index contributed by atoms with van der Waals surface area (Å²) in [6.07, 6.45) is 0.650. The number of hydrogen-bond acceptors (Lipinski definition) is 7. The van der Waals surface area contributed by atoms with Gasteiger partial charge in [0.2, 0.25) is 5.95 Å². The minimum Gasteiger partial charge on any atom is -0.381 e. The molecule has 2 aliphatic heterocycles. The first kappa shape index (κ1) is 20.4. The summed E-state index contributed by atoms with van der Waals surface area (Å²) >= 11 is 0. The number of alkyl halides is 2. The summed E-state index contributed by atoms with van der Waals surface area (Å²) in [6.45, 7) is 3.71. The van der Waals surface area contributed by atoms with Gasteiger partial charge < -0.3 is 18.9 Å². The Balaban J connectivity index is 1.61. The van der Waals surface area contributed by atoms with Crippen molar-refractivity contribution in [2.75, 3.05) is 44.4 Å². The average molecular weight is 455 g/mol. The highest BCUT2D eigenvalue weighted by molar-refractivity contribution is 5.85. The van der Waals surface area contributed by atoms with Crippen LogP contribution in [-0.2, 0) is 9.47 Å². The van der Waals surface area contributed by atoms with E-state index in [1.165, 1.54) is 4.57 Å². The van der Waals surface area contributed by atoms with Crippen LogP contribution in [0.2, 0.25) is 0 Å². The van der Waals surface area contributed by atoms with E-state index < -0.39 is 6.43 Å². The van der Waals surface area contributed by atoms with Gasteiger partial charge in [-0.1, -0.05) is 12.1 Å². The molecule has 0 unspecified atom stereocenters. The molecule has 0 bridgehead atoms. The fraction of sp³-hybridized carbons (Fsp3) is 0.455. The van der Waals surface area contributed by atoms with Crippen LogP contribution in [0, 0.1) is 0 Å². The molecule has 9 nitrogen and oxygen atoms in total. The number of morpholine rings is 1. The van der Waals surface area contributed by atoms with Crippen molar-refractivity contribution in [1.29, 1.82) is 0 Å². The van der Waals surface area contributed by atoms with Crippen LogP contribution in [-0.4, -0.2) is 68.6 Å². The summed E-state index contributed by atoms with van der Waals surface area (Å²) in [5, 5.41) is 0. The van der Waals surface area contributed by atoms with Gasteiger partial charge in [-0.3, -0.25) is 4.57 Å². The summed E-state index contributed by atoms with van der Waals surface area (Å²) in [4.78, 5) is 20.5. The SMILES string of the molecule is FC(F)c1nc2ccccc2n1-c1nc(N2CCOCC2)nc2c1ncn2C1CCOCC1. The third-order valence-corrected chi connectivity index (χ3v) is 6.26. The lowest BCUT2D eigenvalue weighted by atomic mass is 10.1. The van der Waals surface area contributed by atoms with E-state index in [1.54, 1.807) is 30.6 Å². The maximum absolute atomic E-state index is 14.1. The fourth-order valence-corrected chi connectivity index (χ4v) is 4.60. The molecule has 0 radical (unpaired) electrons. The summed E-state index contributed by atoms with van der Waals surface area (Å²) in [5.41, 5.74) is 2.15. The van der Waals surface area contributed by atoms with Crippen molar-refractivity contribution < 1.29 is 18.3 Å². The minimum absolute atomic E-state index is 0.179. The van der Waals surface area contributed by atoms with Crippen molar-refractivity contribution in [3.8, 4) is 5.82 Å². The molecule has 0 spiro atoms. The van der Waals surface area contributed by atoms with E-state index in [-0.39, 0.29) is 11.9 Å². The molecule has 3 aromatic heterocycles. The van der Waals surface area contributed by atoms with Gasteiger partial charge in [-0.2, -0.15) is 9.97 Å². The van der Waals surface area contributed by atoms with Crippen molar-refractivity contribution in [3.63, 3.8) is 0 Å². The highest BCUT2D eigenvalue weighted by Gasteiger charge is 2.27. The second-order valence-electron chi connectivity index (χ2n) is 8.21. The molecule has 172 valence electrons. The molecule has 0 atom stereocenters. The minimum atomic E-state index is -2.77. The molecule has 2 aliphatic rings. The van der Waals surface area contributed by atoms with Gasteiger partial charge in [-0.25, -0.2) is 18.7 Å². The van der Waals surface area contributed by atoms with Gasteiger partial charge in [0.05, 0.1) is 30.6 Å². The lowest BCUT2D eigenvalue weighted by molar-refractivity contribution is 0.0704. The lowest BCUT2D eigenvalue weighted by Gasteiger charge is -2.28. The standard InChI is InChI=1S/C22H23F2N7O2/c23-18(24)21-26-15-3-1-2-4-16(15)31(21)20-17-19(27-22(28-20)29-7-11-33-12-8-29)30(13-25-17)14-5-9-32-10-6-14/h1-4,13-14,18H,5-12H2. The van der Waals surface area contributed by atoms with E-state index in [1.807, 2.05) is 9.47 Å². The molecule has 0 saturated carbocycles. The normalized spacial score (nSPS) is 18.1. The first-order chi connectivity index (χ1) is 16.2. The van der Waals surface area contributed by atoms with E-state index in [0.29, 0.717) is 73.5 Å². The molecule has 5 heterocycles. The number of fused-ring (bicyclic) bond motifs is 2. The zero-order valence-corrected chi connectivity index (χ0v) is 17.9. The number of para-hydroxylation sites is 2. The zero-order valence-electron chi connectivity index (χ0n) is 17.9. The van der Waals surface area contributed by atoms with Gasteiger partial charge >= 0.3 is 0 Å². The average Bonchev–Trinajstić information content (AvgIpc) is 3.47. The van der Waals surface area contributed by atoms with Gasteiger partial charge in [0.25, 0.3) is 6.43 Å². The van der Waals surface area contributed by atoms with E-state index in [4.69, 9.17) is 19.4 Å². The smallest absolute Gasteiger partial charge is 0.296 e. The van der Waals surface area contributed by atoms with Crippen LogP contribution in [0.4, 0.5) is 14.7 Å². The van der Waals surface area contributed by atoms with E-state index in [2.05, 4.69) is 9.97 Å². The topological polar surface area (TPSA) is 83.1 Å². The number of halogens is 2. The third-order valence-electron chi connectivity index (χ3n) is 6.26. The Morgan fingerprint density at radius 1 is 0.939 bits per heavy atom. The van der Waals surface area contributed by atoms with Gasteiger partial charge in [0.15, 0.2) is 22.8 Å². The Morgan fingerprint density at radius 2 is 1.70 bits per heavy atom. The summed E-state index contributed by atoms with van der Waals surface area (Å²) in [7, 11) is 0. The molecule has 0 N–H and O–H groups in total. The number of benzene rings is 1. The largest absolute Gasteiger partial charge is 0.381 e. The quantitative estimate of drug-likeness (QED) is 0.467. The van der Waals surface area contributed by atoms with E-state index in [0.717, 1.165) is 12.8 Å². The Labute approximate surface area is 188 Å². The predicted molar refractivity (Wildman–Crippen MR) is 117 cm³/mol. The Kier molecular flexibility index (Phi) is 5.14. The van der Waals surface area contributed by atoms with E-state index in [9.17, 15) is 8.78 Å². The number of aromatic nitrogens is 6. The maximum atomic E-state index is 14.1. The molecule has 2 saturated heterocycles. The van der Waals surface area contributed by atoms with Crippen LogP contribution in [0.15, 0.2) is 30.6 Å². The number of anilines is 1. The molecule has 0 aliphatic carbocycles. The number of ether oxygens (including phenoxy) is 2. The molecule has 6 rings (SSSR count). The first-order valence-electron chi connectivity index (χ1n) is 11.1. The zero-order chi connectivity index (χ0) is 22.4. The molecule has 11 heteroatoms. The number of nitrogens with zero attached hydrogens (tertiary/aromatic N) is 7. The van der Waals surface area contributed by atoms with Crippen LogP contribution in [0.5, 0.6) is 0 Å². The third kappa shape index (κ3) is 3.51. The summed E-state index contributed by atoms with van der Waals surface area (Å²) < 4.78 is 42.7. The molecule has 1 aromatic carbocycles. The van der Waals surface area contributed by atoms with Crippen molar-refractivity contribution in [1.82, 2.24) is 29.1 Å². The summed E-state index contributed by atoms with van der Waals surface area (Å²) in [6, 6.07) is 7.26. The van der Waals surface area contributed by atoms with Crippen molar-refractivity contribution in [3.05, 3.63) is 36.4 Å². The Morgan fingerprint density at radius 3 is 2.48 bits per heavy atom. The van der Waals surface area contributed by atoms with Crippen molar-refractivity contribution in [2.45, 2.75) is 25.3 Å². The van der Waals surface area contributed by atoms with E-state index >= 15 is 0 Å². The van der Waals surface area contributed by atoms with Crippen LogP contribution < -0.4 is 4.90 Å². The number of imidazole rings is 2. The fourth-order valence-electron chi connectivity index (χ4n) is 4.60.